The van der Waals surface area contributed by atoms with Crippen molar-refractivity contribution >= 4 is 21.8 Å². The second-order valence-electron chi connectivity index (χ2n) is 5.12. The summed E-state index contributed by atoms with van der Waals surface area (Å²) in [6.07, 6.45) is 3.19. The molecule has 5 heteroatoms. The van der Waals surface area contributed by atoms with Crippen molar-refractivity contribution < 1.29 is 9.53 Å². The summed E-state index contributed by atoms with van der Waals surface area (Å²) < 4.78 is 6.78. The summed E-state index contributed by atoms with van der Waals surface area (Å²) in [5.41, 5.74) is 1.54. The molecule has 24 heavy (non-hydrogen) atoms. The molecule has 3 rings (SSSR count). The van der Waals surface area contributed by atoms with Crippen LogP contribution in [0.2, 0.25) is 0 Å². The number of nitrogens with one attached hydrogen (secondary N) is 1. The molecule has 4 nitrogen and oxygen atoms in total. The van der Waals surface area contributed by atoms with Gasteiger partial charge in [0.2, 0.25) is 0 Å². The molecule has 0 aliphatic rings. The predicted molar refractivity (Wildman–Crippen MR) is 96.1 cm³/mol. The maximum Gasteiger partial charge on any atom is 0.253 e. The van der Waals surface area contributed by atoms with Crippen molar-refractivity contribution in [2.24, 2.45) is 0 Å². The molecule has 0 saturated heterocycles. The highest BCUT2D eigenvalue weighted by Gasteiger charge is 2.05. The molecule has 0 atom stereocenters. The van der Waals surface area contributed by atoms with Gasteiger partial charge in [-0.2, -0.15) is 0 Å². The van der Waals surface area contributed by atoms with Crippen molar-refractivity contribution in [1.29, 1.82) is 0 Å². The molecular weight excluding hydrogens is 368 g/mol. The lowest BCUT2D eigenvalue weighted by Crippen LogP contribution is -2.22. The van der Waals surface area contributed by atoms with Gasteiger partial charge in [-0.05, 0) is 54.1 Å². The van der Waals surface area contributed by atoms with E-state index in [4.69, 9.17) is 4.74 Å². The van der Waals surface area contributed by atoms with Crippen LogP contribution in [0.3, 0.4) is 0 Å². The van der Waals surface area contributed by atoms with Crippen LogP contribution in [0.1, 0.15) is 15.9 Å². The normalized spacial score (nSPS) is 10.2. The van der Waals surface area contributed by atoms with E-state index in [0.717, 1.165) is 21.5 Å². The number of rotatable bonds is 5. The summed E-state index contributed by atoms with van der Waals surface area (Å²) in [5, 5.41) is 2.87. The molecule has 0 saturated carbocycles. The number of benzene rings is 2. The zero-order valence-corrected chi connectivity index (χ0v) is 14.4. The van der Waals surface area contributed by atoms with Gasteiger partial charge in [-0.15, -0.1) is 0 Å². The van der Waals surface area contributed by atoms with Crippen LogP contribution in [0.5, 0.6) is 11.5 Å². The molecule has 120 valence electrons. The van der Waals surface area contributed by atoms with Crippen molar-refractivity contribution in [3.8, 4) is 11.5 Å². The summed E-state index contributed by atoms with van der Waals surface area (Å²) in [7, 11) is 0. The van der Waals surface area contributed by atoms with Crippen LogP contribution in [0.15, 0.2) is 77.5 Å². The van der Waals surface area contributed by atoms with E-state index in [9.17, 15) is 4.79 Å². The largest absolute Gasteiger partial charge is 0.457 e. The van der Waals surface area contributed by atoms with Crippen LogP contribution >= 0.6 is 15.9 Å². The van der Waals surface area contributed by atoms with Crippen molar-refractivity contribution in [2.75, 3.05) is 0 Å². The zero-order chi connectivity index (χ0) is 16.8. The van der Waals surface area contributed by atoms with Crippen molar-refractivity contribution in [3.63, 3.8) is 0 Å². The quantitative estimate of drug-likeness (QED) is 0.703. The topological polar surface area (TPSA) is 51.2 Å². The summed E-state index contributed by atoms with van der Waals surface area (Å²) in [5.74, 6) is 1.38. The first-order chi connectivity index (χ1) is 11.7. The van der Waals surface area contributed by atoms with E-state index in [0.29, 0.717) is 12.1 Å². The number of nitrogens with zero attached hydrogens (tertiary/aromatic N) is 1. The number of pyridine rings is 1. The molecule has 0 fully saturated rings. The van der Waals surface area contributed by atoms with E-state index in [1.165, 1.54) is 0 Å². The highest BCUT2D eigenvalue weighted by Crippen LogP contribution is 2.23. The van der Waals surface area contributed by atoms with E-state index in [-0.39, 0.29) is 5.91 Å². The summed E-state index contributed by atoms with van der Waals surface area (Å²) in [6.45, 7) is 0.451. The summed E-state index contributed by atoms with van der Waals surface area (Å²) >= 11 is 3.39. The smallest absolute Gasteiger partial charge is 0.253 e. The average molecular weight is 383 g/mol. The van der Waals surface area contributed by atoms with Gasteiger partial charge in [-0.1, -0.05) is 28.1 Å². The Hall–Kier alpha value is -2.66. The first kappa shape index (κ1) is 16.2. The maximum absolute atomic E-state index is 12.0. The molecule has 1 heterocycles. The van der Waals surface area contributed by atoms with Crippen molar-refractivity contribution in [1.82, 2.24) is 10.3 Å². The highest BCUT2D eigenvalue weighted by molar-refractivity contribution is 9.10. The van der Waals surface area contributed by atoms with E-state index in [1.807, 2.05) is 48.5 Å². The van der Waals surface area contributed by atoms with Gasteiger partial charge in [-0.3, -0.25) is 9.78 Å². The Labute approximate surface area is 148 Å². The standard InChI is InChI=1S/C19H15BrN2O2/c20-16-5-9-18(10-6-16)24-17-7-3-14(4-8-17)12-22-19(23)15-2-1-11-21-13-15/h1-11,13H,12H2,(H,22,23). The minimum absolute atomic E-state index is 0.140. The lowest BCUT2D eigenvalue weighted by molar-refractivity contribution is 0.0950. The minimum Gasteiger partial charge on any atom is -0.457 e. The number of carbonyl (C=O) groups is 1. The first-order valence-corrected chi connectivity index (χ1v) is 8.20. The fourth-order valence-corrected chi connectivity index (χ4v) is 2.36. The number of hydrogen-bond donors (Lipinski definition) is 1. The second kappa shape index (κ2) is 7.75. The monoisotopic (exact) mass is 382 g/mol. The lowest BCUT2D eigenvalue weighted by Gasteiger charge is -2.08. The number of carbonyl (C=O) groups excluding carboxylic acids is 1. The van der Waals surface area contributed by atoms with Crippen LogP contribution in [-0.4, -0.2) is 10.9 Å². The molecule has 0 radical (unpaired) electrons. The van der Waals surface area contributed by atoms with Gasteiger partial charge in [0.15, 0.2) is 0 Å². The Bertz CT molecular complexity index is 803. The van der Waals surface area contributed by atoms with E-state index in [1.54, 1.807) is 24.5 Å². The Morgan fingerprint density at radius 3 is 2.29 bits per heavy atom. The third kappa shape index (κ3) is 4.43. The van der Waals surface area contributed by atoms with Crippen LogP contribution in [-0.2, 0) is 6.54 Å². The fourth-order valence-electron chi connectivity index (χ4n) is 2.10. The third-order valence-electron chi connectivity index (χ3n) is 3.35. The zero-order valence-electron chi connectivity index (χ0n) is 12.8. The Kier molecular flexibility index (Phi) is 5.23. The van der Waals surface area contributed by atoms with Crippen LogP contribution in [0.25, 0.3) is 0 Å². The van der Waals surface area contributed by atoms with E-state index in [2.05, 4.69) is 26.2 Å². The lowest BCUT2D eigenvalue weighted by atomic mass is 10.2. The number of amides is 1. The Morgan fingerprint density at radius 2 is 1.67 bits per heavy atom. The van der Waals surface area contributed by atoms with Crippen LogP contribution in [0, 0.1) is 0 Å². The van der Waals surface area contributed by atoms with Gasteiger partial charge >= 0.3 is 0 Å². The third-order valence-corrected chi connectivity index (χ3v) is 3.88. The Balaban J connectivity index is 1.56. The molecular formula is C19H15BrN2O2. The molecule has 2 aromatic carbocycles. The molecule has 0 unspecified atom stereocenters. The molecule has 1 N–H and O–H groups in total. The van der Waals surface area contributed by atoms with Gasteiger partial charge in [0.05, 0.1) is 5.56 Å². The van der Waals surface area contributed by atoms with Gasteiger partial charge in [0.25, 0.3) is 5.91 Å². The average Bonchev–Trinajstić information content (AvgIpc) is 2.63. The summed E-state index contributed by atoms with van der Waals surface area (Å²) in [6, 6.07) is 18.7. The van der Waals surface area contributed by atoms with Gasteiger partial charge in [0, 0.05) is 23.4 Å². The fraction of sp³-hybridized carbons (Fsp3) is 0.0526. The van der Waals surface area contributed by atoms with Crippen LogP contribution < -0.4 is 10.1 Å². The second-order valence-corrected chi connectivity index (χ2v) is 6.04. The molecule has 0 spiro atoms. The molecule has 1 amide bonds. The number of aromatic nitrogens is 1. The first-order valence-electron chi connectivity index (χ1n) is 7.41. The SMILES string of the molecule is O=C(NCc1ccc(Oc2ccc(Br)cc2)cc1)c1cccnc1. The summed E-state index contributed by atoms with van der Waals surface area (Å²) in [4.78, 5) is 15.9. The minimum atomic E-state index is -0.140. The van der Waals surface area contributed by atoms with Crippen molar-refractivity contribution in [2.45, 2.75) is 6.54 Å². The molecule has 3 aromatic rings. The number of hydrogen-bond acceptors (Lipinski definition) is 3. The molecule has 0 aliphatic heterocycles. The Morgan fingerprint density at radius 1 is 1.00 bits per heavy atom. The molecule has 1 aromatic heterocycles. The molecule has 0 aliphatic carbocycles. The maximum atomic E-state index is 12.0. The van der Waals surface area contributed by atoms with Gasteiger partial charge < -0.3 is 10.1 Å². The van der Waals surface area contributed by atoms with Crippen molar-refractivity contribution in [3.05, 3.63) is 88.7 Å². The van der Waals surface area contributed by atoms with E-state index >= 15 is 0 Å². The van der Waals surface area contributed by atoms with Gasteiger partial charge in [0.1, 0.15) is 11.5 Å². The number of ether oxygens (including phenoxy) is 1. The predicted octanol–water partition coefficient (Wildman–Crippen LogP) is 4.57. The van der Waals surface area contributed by atoms with Crippen LogP contribution in [0.4, 0.5) is 0 Å². The van der Waals surface area contributed by atoms with E-state index < -0.39 is 0 Å². The number of halogens is 1. The van der Waals surface area contributed by atoms with Gasteiger partial charge in [-0.25, -0.2) is 0 Å². The molecule has 0 bridgehead atoms. The highest BCUT2D eigenvalue weighted by atomic mass is 79.9.